The Kier molecular flexibility index (Phi) is 12.7. The Morgan fingerprint density at radius 3 is 1.94 bits per heavy atom. The monoisotopic (exact) mass is 495 g/mol. The van der Waals surface area contributed by atoms with Gasteiger partial charge in [-0.3, -0.25) is 19.2 Å². The molecule has 1 aromatic rings. The minimum absolute atomic E-state index is 0.0270. The maximum absolute atomic E-state index is 12.9. The molecule has 34 heavy (non-hydrogen) atoms. The van der Waals surface area contributed by atoms with Crippen LogP contribution in [-0.4, -0.2) is 70.9 Å². The second-order valence-electron chi connectivity index (χ2n) is 7.79. The van der Waals surface area contributed by atoms with E-state index >= 15 is 0 Å². The molecule has 1 aromatic carbocycles. The van der Waals surface area contributed by atoms with Crippen molar-refractivity contribution in [3.8, 4) is 0 Å². The lowest BCUT2D eigenvalue weighted by Crippen LogP contribution is -2.57. The zero-order chi connectivity index (χ0) is 25.7. The maximum atomic E-state index is 12.9. The summed E-state index contributed by atoms with van der Waals surface area (Å²) < 4.78 is 0. The molecule has 12 heteroatoms. The third-order valence-electron chi connectivity index (χ3n) is 4.87. The molecule has 0 bridgehead atoms. The average molecular weight is 496 g/mol. The van der Waals surface area contributed by atoms with Gasteiger partial charge in [0.25, 0.3) is 0 Å². The molecule has 0 aliphatic heterocycles. The molecule has 0 heterocycles. The van der Waals surface area contributed by atoms with Crippen molar-refractivity contribution in [3.05, 3.63) is 35.9 Å². The molecule has 4 unspecified atom stereocenters. The second kappa shape index (κ2) is 14.9. The van der Waals surface area contributed by atoms with Gasteiger partial charge in [-0.2, -0.15) is 11.8 Å². The SMILES string of the molecule is CSCCC(NC(=O)C(C)N)C(=O)NC(CCC(N)=O)C(=O)NC(Cc1ccccc1)C(=O)O. The van der Waals surface area contributed by atoms with Crippen molar-refractivity contribution >= 4 is 41.4 Å². The second-order valence-corrected chi connectivity index (χ2v) is 8.77. The number of carbonyl (C=O) groups is 5. The molecule has 0 saturated heterocycles. The lowest BCUT2D eigenvalue weighted by atomic mass is 10.0. The molecule has 0 fully saturated rings. The third kappa shape index (κ3) is 10.7. The molecular formula is C22H33N5O6S. The standard InChI is InChI=1S/C22H33N5O6S/c1-13(23)19(29)25-16(10-11-34-2)21(31)26-15(8-9-18(24)28)20(30)27-17(22(32)33)12-14-6-4-3-5-7-14/h3-7,13,15-17H,8-12,23H2,1-2H3,(H2,24,28)(H,25,29)(H,26,31)(H,27,30)(H,32,33). The highest BCUT2D eigenvalue weighted by molar-refractivity contribution is 7.98. The van der Waals surface area contributed by atoms with Gasteiger partial charge in [-0.15, -0.1) is 0 Å². The quantitative estimate of drug-likeness (QED) is 0.181. The van der Waals surface area contributed by atoms with E-state index in [1.54, 1.807) is 30.3 Å². The van der Waals surface area contributed by atoms with E-state index in [1.165, 1.54) is 18.7 Å². The van der Waals surface area contributed by atoms with Gasteiger partial charge in [0.05, 0.1) is 6.04 Å². The summed E-state index contributed by atoms with van der Waals surface area (Å²) in [5.41, 5.74) is 11.5. The zero-order valence-electron chi connectivity index (χ0n) is 19.3. The van der Waals surface area contributed by atoms with E-state index < -0.39 is 53.8 Å². The molecule has 0 radical (unpaired) electrons. The van der Waals surface area contributed by atoms with E-state index in [0.29, 0.717) is 11.3 Å². The van der Waals surface area contributed by atoms with Gasteiger partial charge in [-0.05, 0) is 37.3 Å². The Morgan fingerprint density at radius 2 is 1.44 bits per heavy atom. The van der Waals surface area contributed by atoms with E-state index in [4.69, 9.17) is 11.5 Å². The van der Waals surface area contributed by atoms with Gasteiger partial charge in [-0.1, -0.05) is 30.3 Å². The van der Waals surface area contributed by atoms with Crippen LogP contribution in [0, 0.1) is 0 Å². The Labute approximate surface area is 202 Å². The number of nitrogens with two attached hydrogens (primary N) is 2. The smallest absolute Gasteiger partial charge is 0.326 e. The van der Waals surface area contributed by atoms with Crippen molar-refractivity contribution in [3.63, 3.8) is 0 Å². The van der Waals surface area contributed by atoms with E-state index in [1.807, 2.05) is 6.26 Å². The molecule has 0 saturated carbocycles. The van der Waals surface area contributed by atoms with E-state index in [9.17, 15) is 29.1 Å². The number of carbonyl (C=O) groups excluding carboxylic acids is 4. The molecule has 1 rings (SSSR count). The zero-order valence-corrected chi connectivity index (χ0v) is 20.1. The molecular weight excluding hydrogens is 462 g/mol. The number of carboxylic acid groups (broad SMARTS) is 1. The molecule has 188 valence electrons. The molecule has 0 aromatic heterocycles. The summed E-state index contributed by atoms with van der Waals surface area (Å²) in [5.74, 6) is -3.35. The molecule has 0 aliphatic carbocycles. The van der Waals surface area contributed by atoms with Crippen LogP contribution in [0.15, 0.2) is 30.3 Å². The van der Waals surface area contributed by atoms with Crippen LogP contribution >= 0.6 is 11.8 Å². The van der Waals surface area contributed by atoms with Crippen molar-refractivity contribution in [1.82, 2.24) is 16.0 Å². The third-order valence-corrected chi connectivity index (χ3v) is 5.51. The highest BCUT2D eigenvalue weighted by Gasteiger charge is 2.30. The maximum Gasteiger partial charge on any atom is 0.326 e. The van der Waals surface area contributed by atoms with Gasteiger partial charge in [0.15, 0.2) is 0 Å². The number of nitrogens with one attached hydrogen (secondary N) is 3. The first-order valence-electron chi connectivity index (χ1n) is 10.8. The number of carboxylic acids is 1. The van der Waals surface area contributed by atoms with Gasteiger partial charge in [0, 0.05) is 12.8 Å². The van der Waals surface area contributed by atoms with Crippen LogP contribution in [0.4, 0.5) is 0 Å². The fourth-order valence-corrected chi connectivity index (χ4v) is 3.43. The first-order valence-corrected chi connectivity index (χ1v) is 12.1. The van der Waals surface area contributed by atoms with Crippen molar-refractivity contribution in [1.29, 1.82) is 0 Å². The van der Waals surface area contributed by atoms with Gasteiger partial charge >= 0.3 is 5.97 Å². The number of benzene rings is 1. The van der Waals surface area contributed by atoms with E-state index in [0.717, 1.165) is 0 Å². The van der Waals surface area contributed by atoms with Crippen LogP contribution in [0.5, 0.6) is 0 Å². The topological polar surface area (TPSA) is 194 Å². The van der Waals surface area contributed by atoms with Crippen molar-refractivity contribution in [2.24, 2.45) is 11.5 Å². The van der Waals surface area contributed by atoms with Gasteiger partial charge in [-0.25, -0.2) is 4.79 Å². The summed E-state index contributed by atoms with van der Waals surface area (Å²) in [7, 11) is 0. The fraction of sp³-hybridized carbons (Fsp3) is 0.500. The van der Waals surface area contributed by atoms with Crippen LogP contribution in [0.1, 0.15) is 31.7 Å². The minimum atomic E-state index is -1.26. The largest absolute Gasteiger partial charge is 0.480 e. The van der Waals surface area contributed by atoms with Gasteiger partial charge in [0.1, 0.15) is 18.1 Å². The number of aliphatic carboxylic acids is 1. The average Bonchev–Trinajstić information content (AvgIpc) is 2.78. The number of primary amides is 1. The van der Waals surface area contributed by atoms with Crippen LogP contribution in [-0.2, 0) is 30.4 Å². The lowest BCUT2D eigenvalue weighted by Gasteiger charge is -2.25. The number of hydrogen-bond donors (Lipinski definition) is 6. The highest BCUT2D eigenvalue weighted by atomic mass is 32.2. The predicted molar refractivity (Wildman–Crippen MR) is 129 cm³/mol. The first-order chi connectivity index (χ1) is 16.0. The Bertz CT molecular complexity index is 851. The highest BCUT2D eigenvalue weighted by Crippen LogP contribution is 2.07. The summed E-state index contributed by atoms with van der Waals surface area (Å²) in [6.45, 7) is 1.47. The summed E-state index contributed by atoms with van der Waals surface area (Å²) in [6, 6.07) is 4.44. The Balaban J connectivity index is 2.99. The van der Waals surface area contributed by atoms with Crippen molar-refractivity contribution < 1.29 is 29.1 Å². The Morgan fingerprint density at radius 1 is 0.912 bits per heavy atom. The summed E-state index contributed by atoms with van der Waals surface area (Å²) in [4.78, 5) is 60.8. The predicted octanol–water partition coefficient (Wildman–Crippen LogP) is -0.866. The fourth-order valence-electron chi connectivity index (χ4n) is 2.96. The van der Waals surface area contributed by atoms with Crippen LogP contribution in [0.25, 0.3) is 0 Å². The van der Waals surface area contributed by atoms with Gasteiger partial charge in [0.2, 0.25) is 23.6 Å². The van der Waals surface area contributed by atoms with Crippen LogP contribution in [0.3, 0.4) is 0 Å². The Hall–Kier alpha value is -3.12. The van der Waals surface area contributed by atoms with Crippen LogP contribution < -0.4 is 27.4 Å². The number of rotatable bonds is 15. The van der Waals surface area contributed by atoms with Crippen molar-refractivity contribution in [2.75, 3.05) is 12.0 Å². The number of amides is 4. The lowest BCUT2D eigenvalue weighted by molar-refractivity contribution is -0.142. The molecule has 0 aliphatic rings. The molecule has 4 atom stereocenters. The summed E-state index contributed by atoms with van der Waals surface area (Å²) in [6.07, 6.45) is 1.79. The number of thioether (sulfide) groups is 1. The van der Waals surface area contributed by atoms with Gasteiger partial charge < -0.3 is 32.5 Å². The van der Waals surface area contributed by atoms with E-state index in [2.05, 4.69) is 16.0 Å². The molecule has 4 amide bonds. The van der Waals surface area contributed by atoms with E-state index in [-0.39, 0.29) is 25.7 Å². The molecule has 11 nitrogen and oxygen atoms in total. The minimum Gasteiger partial charge on any atom is -0.480 e. The summed E-state index contributed by atoms with van der Waals surface area (Å²) in [5, 5.41) is 17.0. The van der Waals surface area contributed by atoms with Crippen LogP contribution in [0.2, 0.25) is 0 Å². The number of hydrogen-bond acceptors (Lipinski definition) is 7. The first kappa shape index (κ1) is 28.9. The van der Waals surface area contributed by atoms with Crippen molar-refractivity contribution in [2.45, 2.75) is 56.8 Å². The molecule has 8 N–H and O–H groups in total. The molecule has 0 spiro atoms. The normalized spacial score (nSPS) is 14.2. The summed E-state index contributed by atoms with van der Waals surface area (Å²) >= 11 is 1.47.